The van der Waals surface area contributed by atoms with Gasteiger partial charge in [-0.15, -0.1) is 0 Å². The Morgan fingerprint density at radius 2 is 1.91 bits per heavy atom. The highest BCUT2D eigenvalue weighted by atomic mass is 35.5. The Labute approximate surface area is 199 Å². The van der Waals surface area contributed by atoms with Crippen molar-refractivity contribution in [2.45, 2.75) is 38.3 Å². The quantitative estimate of drug-likeness (QED) is 0.537. The molecule has 0 radical (unpaired) electrons. The second kappa shape index (κ2) is 11.5. The molecule has 8 heteroatoms. The highest BCUT2D eigenvalue weighted by molar-refractivity contribution is 6.30. The number of rotatable bonds is 10. The van der Waals surface area contributed by atoms with Crippen LogP contribution in [0.5, 0.6) is 5.75 Å². The van der Waals surface area contributed by atoms with Crippen LogP contribution in [0.25, 0.3) is 0 Å². The Balaban J connectivity index is 1.69. The maximum Gasteiger partial charge on any atom is 0.335 e. The van der Waals surface area contributed by atoms with Crippen LogP contribution >= 0.6 is 11.6 Å². The van der Waals surface area contributed by atoms with Crippen LogP contribution in [0.4, 0.5) is 0 Å². The first-order chi connectivity index (χ1) is 15.9. The third kappa shape index (κ3) is 6.25. The number of carboxylic acid groups (broad SMARTS) is 1. The molecule has 0 unspecified atom stereocenters. The zero-order valence-corrected chi connectivity index (χ0v) is 19.8. The zero-order valence-electron chi connectivity index (χ0n) is 19.1. The van der Waals surface area contributed by atoms with Crippen LogP contribution in [-0.2, 0) is 9.53 Å². The summed E-state index contributed by atoms with van der Waals surface area (Å²) in [4.78, 5) is 26.9. The van der Waals surface area contributed by atoms with Gasteiger partial charge < -0.3 is 19.9 Å². The van der Waals surface area contributed by atoms with E-state index >= 15 is 0 Å². The molecule has 1 aliphatic rings. The van der Waals surface area contributed by atoms with Crippen LogP contribution < -0.4 is 10.1 Å². The number of amides is 1. The van der Waals surface area contributed by atoms with Crippen molar-refractivity contribution in [2.75, 3.05) is 32.9 Å². The summed E-state index contributed by atoms with van der Waals surface area (Å²) in [7, 11) is 0. The van der Waals surface area contributed by atoms with Crippen molar-refractivity contribution >= 4 is 23.5 Å². The second-order valence-corrected chi connectivity index (χ2v) is 8.59. The molecule has 7 nitrogen and oxygen atoms in total. The number of nitrogens with zero attached hydrogens (tertiary/aromatic N) is 1. The van der Waals surface area contributed by atoms with Crippen molar-refractivity contribution in [3.05, 3.63) is 64.7 Å². The fraction of sp³-hybridized carbons (Fsp3) is 0.440. The average Bonchev–Trinajstić information content (AvgIpc) is 2.82. The van der Waals surface area contributed by atoms with Crippen molar-refractivity contribution in [3.63, 3.8) is 0 Å². The summed E-state index contributed by atoms with van der Waals surface area (Å²) in [6.45, 7) is 6.67. The number of halogens is 1. The van der Waals surface area contributed by atoms with Crippen molar-refractivity contribution < 1.29 is 24.2 Å². The average molecular weight is 475 g/mol. The molecule has 2 aromatic carbocycles. The maximum atomic E-state index is 13.6. The molecule has 1 amide bonds. The van der Waals surface area contributed by atoms with Crippen LogP contribution in [0.1, 0.15) is 48.7 Å². The lowest BCUT2D eigenvalue weighted by molar-refractivity contribution is -0.141. The third-order valence-corrected chi connectivity index (χ3v) is 6.40. The predicted molar refractivity (Wildman–Crippen MR) is 127 cm³/mol. The van der Waals surface area contributed by atoms with Crippen LogP contribution in [0.15, 0.2) is 48.5 Å². The Morgan fingerprint density at radius 3 is 2.52 bits per heavy atom. The summed E-state index contributed by atoms with van der Waals surface area (Å²) in [5.41, 5.74) is 0.373. The lowest BCUT2D eigenvalue weighted by Crippen LogP contribution is -2.62. The van der Waals surface area contributed by atoms with Gasteiger partial charge in [-0.2, -0.15) is 0 Å². The third-order valence-electron chi connectivity index (χ3n) is 6.16. The number of carboxylic acids is 1. The second-order valence-electron chi connectivity index (χ2n) is 8.15. The molecule has 0 bridgehead atoms. The molecule has 0 saturated carbocycles. The molecule has 2 aromatic rings. The minimum Gasteiger partial charge on any atom is -0.492 e. The molecule has 1 fully saturated rings. The van der Waals surface area contributed by atoms with Crippen LogP contribution in [0.2, 0.25) is 5.02 Å². The summed E-state index contributed by atoms with van der Waals surface area (Å²) in [5.74, 6) is -0.328. The summed E-state index contributed by atoms with van der Waals surface area (Å²) >= 11 is 6.04. The molecule has 0 aromatic heterocycles. The molecule has 1 saturated heterocycles. The van der Waals surface area contributed by atoms with E-state index in [9.17, 15) is 9.59 Å². The van der Waals surface area contributed by atoms with E-state index in [0.29, 0.717) is 56.5 Å². The zero-order chi connectivity index (χ0) is 23.8. The van der Waals surface area contributed by atoms with E-state index < -0.39 is 11.5 Å². The first kappa shape index (κ1) is 25.0. The Kier molecular flexibility index (Phi) is 8.72. The van der Waals surface area contributed by atoms with Crippen molar-refractivity contribution in [1.82, 2.24) is 10.2 Å². The number of nitrogens with one attached hydrogen (secondary N) is 1. The summed E-state index contributed by atoms with van der Waals surface area (Å²) in [5, 5.41) is 12.9. The summed E-state index contributed by atoms with van der Waals surface area (Å²) in [6.07, 6.45) is 1.18. The predicted octanol–water partition coefficient (Wildman–Crippen LogP) is 4.17. The van der Waals surface area contributed by atoms with E-state index in [-0.39, 0.29) is 17.5 Å². The number of likely N-dealkylation sites (N-methyl/N-ethyl adjacent to an activating group) is 1. The summed E-state index contributed by atoms with van der Waals surface area (Å²) in [6, 6.07) is 13.6. The molecular weight excluding hydrogens is 444 g/mol. The maximum absolute atomic E-state index is 13.6. The van der Waals surface area contributed by atoms with Crippen molar-refractivity contribution in [3.8, 4) is 5.75 Å². The molecule has 178 valence electrons. The molecule has 3 rings (SSSR count). The first-order valence-electron chi connectivity index (χ1n) is 11.2. The molecule has 2 N–H and O–H groups in total. The van der Waals surface area contributed by atoms with E-state index in [4.69, 9.17) is 26.2 Å². The highest BCUT2D eigenvalue weighted by Crippen LogP contribution is 2.30. The standard InChI is InChI=1S/C25H31ClN2O5/c1-3-28(13-16-33-22-6-4-5-21(26)17-22)25(11-14-32-15-12-25)24(31)27-18(2)19-7-9-20(10-8-19)23(29)30/h4-10,17-18H,3,11-16H2,1-2H3,(H,27,31)(H,29,30)/t18-/m0/s1. The number of benzene rings is 2. The van der Waals surface area contributed by atoms with Gasteiger partial charge in [0.1, 0.15) is 17.9 Å². The molecule has 0 spiro atoms. The fourth-order valence-corrected chi connectivity index (χ4v) is 4.41. The number of carbonyl (C=O) groups is 2. The smallest absolute Gasteiger partial charge is 0.335 e. The van der Waals surface area contributed by atoms with Gasteiger partial charge in [0.05, 0.1) is 11.6 Å². The topological polar surface area (TPSA) is 88.1 Å². The monoisotopic (exact) mass is 474 g/mol. The van der Waals surface area contributed by atoms with Crippen LogP contribution in [0.3, 0.4) is 0 Å². The number of hydrogen-bond acceptors (Lipinski definition) is 5. The van der Waals surface area contributed by atoms with Crippen molar-refractivity contribution in [1.29, 1.82) is 0 Å². The van der Waals surface area contributed by atoms with Crippen LogP contribution in [0, 0.1) is 0 Å². The minimum absolute atomic E-state index is 0.0507. The lowest BCUT2D eigenvalue weighted by Gasteiger charge is -2.45. The largest absolute Gasteiger partial charge is 0.492 e. The van der Waals surface area contributed by atoms with Gasteiger partial charge in [-0.25, -0.2) is 4.79 Å². The molecule has 1 heterocycles. The summed E-state index contributed by atoms with van der Waals surface area (Å²) < 4.78 is 11.5. The number of carbonyl (C=O) groups excluding carboxylic acids is 1. The molecule has 1 atom stereocenters. The fourth-order valence-electron chi connectivity index (χ4n) is 4.23. The van der Waals surface area contributed by atoms with Gasteiger partial charge in [-0.3, -0.25) is 9.69 Å². The van der Waals surface area contributed by atoms with Gasteiger partial charge in [0.25, 0.3) is 0 Å². The number of ether oxygens (including phenoxy) is 2. The van der Waals surface area contributed by atoms with E-state index in [0.717, 1.165) is 5.56 Å². The molecular formula is C25H31ClN2O5. The normalized spacial score (nSPS) is 16.2. The SMILES string of the molecule is CCN(CCOc1cccc(Cl)c1)C1(C(=O)N[C@@H](C)c2ccc(C(=O)O)cc2)CCOCC1. The van der Waals surface area contributed by atoms with Gasteiger partial charge in [-0.05, 0) is 62.2 Å². The van der Waals surface area contributed by atoms with E-state index in [1.807, 2.05) is 26.0 Å². The number of hydrogen-bond donors (Lipinski definition) is 2. The van der Waals surface area contributed by atoms with E-state index in [1.165, 1.54) is 0 Å². The van der Waals surface area contributed by atoms with Gasteiger partial charge in [0.2, 0.25) is 5.91 Å². The molecule has 0 aliphatic carbocycles. The van der Waals surface area contributed by atoms with E-state index in [1.54, 1.807) is 36.4 Å². The Hall–Kier alpha value is -2.61. The highest BCUT2D eigenvalue weighted by Gasteiger charge is 2.45. The minimum atomic E-state index is -0.974. The number of aromatic carboxylic acids is 1. The van der Waals surface area contributed by atoms with Gasteiger partial charge in [0.15, 0.2) is 0 Å². The van der Waals surface area contributed by atoms with Gasteiger partial charge in [-0.1, -0.05) is 36.7 Å². The Bertz CT molecular complexity index is 944. The molecule has 33 heavy (non-hydrogen) atoms. The van der Waals surface area contributed by atoms with Gasteiger partial charge in [0, 0.05) is 24.8 Å². The van der Waals surface area contributed by atoms with Gasteiger partial charge >= 0.3 is 5.97 Å². The van der Waals surface area contributed by atoms with Crippen LogP contribution in [-0.4, -0.2) is 60.3 Å². The molecule has 1 aliphatic heterocycles. The lowest BCUT2D eigenvalue weighted by atomic mass is 9.86. The first-order valence-corrected chi connectivity index (χ1v) is 11.6. The Morgan fingerprint density at radius 1 is 1.21 bits per heavy atom. The van der Waals surface area contributed by atoms with E-state index in [2.05, 4.69) is 10.2 Å². The van der Waals surface area contributed by atoms with Crippen molar-refractivity contribution in [2.24, 2.45) is 0 Å².